The molecule has 0 radical (unpaired) electrons. The van der Waals surface area contributed by atoms with E-state index in [0.717, 1.165) is 25.3 Å². The van der Waals surface area contributed by atoms with Crippen LogP contribution in [0.1, 0.15) is 35.5 Å². The molecule has 1 aliphatic heterocycles. The summed E-state index contributed by atoms with van der Waals surface area (Å²) >= 11 is 1.80. The van der Waals surface area contributed by atoms with E-state index in [4.69, 9.17) is 0 Å². The summed E-state index contributed by atoms with van der Waals surface area (Å²) in [5, 5.41) is 13.1. The molecule has 0 atom stereocenters. The third kappa shape index (κ3) is 3.11. The van der Waals surface area contributed by atoms with E-state index in [1.807, 2.05) is 19.9 Å². The van der Waals surface area contributed by atoms with E-state index in [1.54, 1.807) is 25.2 Å². The predicted octanol–water partition coefficient (Wildman–Crippen LogP) is 4.26. The molecule has 0 amide bonds. The number of thiophene rings is 1. The normalized spacial score (nSPS) is 13.2. The Morgan fingerprint density at radius 1 is 1.36 bits per heavy atom. The minimum absolute atomic E-state index is 0.127. The van der Waals surface area contributed by atoms with Gasteiger partial charge in [-0.05, 0) is 43.3 Å². The molecule has 2 aromatic heterocycles. The Labute approximate surface area is 134 Å². The topological polar surface area (TPSA) is 59.3 Å². The van der Waals surface area contributed by atoms with Crippen LogP contribution in [0.4, 0.5) is 11.5 Å². The Bertz CT molecular complexity index is 659. The molecule has 0 fully saturated rings. The average molecular weight is 319 g/mol. The molecule has 3 heterocycles. The second-order valence-corrected chi connectivity index (χ2v) is 6.03. The van der Waals surface area contributed by atoms with E-state index in [1.165, 1.54) is 10.4 Å². The van der Waals surface area contributed by atoms with Crippen molar-refractivity contribution >= 4 is 22.8 Å². The number of fused-ring (bicyclic) bond motifs is 1. The van der Waals surface area contributed by atoms with E-state index in [-0.39, 0.29) is 10.6 Å². The molecule has 118 valence electrons. The van der Waals surface area contributed by atoms with Crippen LogP contribution in [0.2, 0.25) is 0 Å². The first kappa shape index (κ1) is 16.4. The number of pyridine rings is 1. The molecule has 0 aromatic carbocycles. The molecule has 0 saturated heterocycles. The van der Waals surface area contributed by atoms with E-state index < -0.39 is 0 Å². The lowest BCUT2D eigenvalue weighted by Gasteiger charge is -2.28. The van der Waals surface area contributed by atoms with Crippen LogP contribution in [-0.2, 0) is 13.0 Å². The zero-order chi connectivity index (χ0) is 16.3. The molecule has 22 heavy (non-hydrogen) atoms. The molecular weight excluding hydrogens is 298 g/mol. The van der Waals surface area contributed by atoms with Crippen molar-refractivity contribution in [2.24, 2.45) is 0 Å². The van der Waals surface area contributed by atoms with Crippen LogP contribution in [0.3, 0.4) is 0 Å². The van der Waals surface area contributed by atoms with Crippen molar-refractivity contribution in [1.82, 2.24) is 4.98 Å². The van der Waals surface area contributed by atoms with Gasteiger partial charge in [0.25, 0.3) is 5.69 Å². The largest absolute Gasteiger partial charge is 0.352 e. The Morgan fingerprint density at radius 2 is 2.09 bits per heavy atom. The third-order valence-electron chi connectivity index (χ3n) is 3.66. The number of nitrogens with zero attached hydrogens (tertiary/aromatic N) is 3. The molecule has 0 N–H and O–H groups in total. The predicted molar refractivity (Wildman–Crippen MR) is 90.8 cm³/mol. The average Bonchev–Trinajstić information content (AvgIpc) is 2.95. The van der Waals surface area contributed by atoms with Crippen molar-refractivity contribution in [3.05, 3.63) is 49.3 Å². The molecule has 2 aromatic rings. The summed E-state index contributed by atoms with van der Waals surface area (Å²) in [5.41, 5.74) is 2.63. The summed E-state index contributed by atoms with van der Waals surface area (Å²) in [6.07, 6.45) is 1.02. The molecule has 0 unspecified atom stereocenters. The van der Waals surface area contributed by atoms with E-state index >= 15 is 0 Å². The molecule has 0 bridgehead atoms. The highest BCUT2D eigenvalue weighted by molar-refractivity contribution is 7.10. The van der Waals surface area contributed by atoms with Gasteiger partial charge in [0.15, 0.2) is 0 Å². The smallest absolute Gasteiger partial charge is 0.293 e. The summed E-state index contributed by atoms with van der Waals surface area (Å²) < 4.78 is 0. The number of aromatic nitrogens is 1. The maximum Gasteiger partial charge on any atom is 0.293 e. The Balaban J connectivity index is 0.000000847. The van der Waals surface area contributed by atoms with Gasteiger partial charge in [-0.15, -0.1) is 11.3 Å². The summed E-state index contributed by atoms with van der Waals surface area (Å²) in [4.78, 5) is 18.7. The second kappa shape index (κ2) is 6.87. The van der Waals surface area contributed by atoms with Gasteiger partial charge in [-0.25, -0.2) is 4.98 Å². The van der Waals surface area contributed by atoms with Gasteiger partial charge in [-0.3, -0.25) is 10.1 Å². The Kier molecular flexibility index (Phi) is 5.13. The summed E-state index contributed by atoms with van der Waals surface area (Å²) in [5.74, 6) is 0.836. The number of anilines is 1. The maximum absolute atomic E-state index is 11.0. The minimum atomic E-state index is -0.353. The standard InChI is InChI=1S/C14H15N3O2S.C2H6/c1-9-7-13(15-10(2)14(9)17(18)19)16-5-3-12-11(8-16)4-6-20-12;1-2/h4,6-7H,3,5,8H2,1-2H3;1-2H3. The maximum atomic E-state index is 11.0. The lowest BCUT2D eigenvalue weighted by atomic mass is 10.1. The fourth-order valence-electron chi connectivity index (χ4n) is 2.69. The van der Waals surface area contributed by atoms with E-state index in [2.05, 4.69) is 21.3 Å². The first-order valence-corrected chi connectivity index (χ1v) is 8.37. The molecule has 0 spiro atoms. The zero-order valence-electron chi connectivity index (χ0n) is 13.4. The van der Waals surface area contributed by atoms with Gasteiger partial charge >= 0.3 is 0 Å². The van der Waals surface area contributed by atoms with Gasteiger partial charge < -0.3 is 4.90 Å². The Hall–Kier alpha value is -1.95. The highest BCUT2D eigenvalue weighted by Crippen LogP contribution is 2.30. The minimum Gasteiger partial charge on any atom is -0.352 e. The summed E-state index contributed by atoms with van der Waals surface area (Å²) in [6.45, 7) is 9.23. The van der Waals surface area contributed by atoms with Crippen LogP contribution in [0.25, 0.3) is 0 Å². The molecule has 6 heteroatoms. The van der Waals surface area contributed by atoms with Crippen LogP contribution in [0, 0.1) is 24.0 Å². The fourth-order valence-corrected chi connectivity index (χ4v) is 3.58. The molecule has 0 aliphatic carbocycles. The SMILES string of the molecule is CC.Cc1cc(N2CCc3sccc3C2)nc(C)c1[N+](=O)[O-]. The lowest BCUT2D eigenvalue weighted by Crippen LogP contribution is -2.30. The van der Waals surface area contributed by atoms with Gasteiger partial charge in [0.2, 0.25) is 0 Å². The zero-order valence-corrected chi connectivity index (χ0v) is 14.2. The molecule has 0 saturated carbocycles. The second-order valence-electron chi connectivity index (χ2n) is 5.03. The molecule has 3 rings (SSSR count). The van der Waals surface area contributed by atoms with E-state index in [0.29, 0.717) is 11.3 Å². The lowest BCUT2D eigenvalue weighted by molar-refractivity contribution is -0.386. The van der Waals surface area contributed by atoms with Crippen molar-refractivity contribution < 1.29 is 4.92 Å². The number of hydrogen-bond donors (Lipinski definition) is 0. The molecule has 1 aliphatic rings. The summed E-state index contributed by atoms with van der Waals surface area (Å²) in [6, 6.07) is 3.97. The first-order valence-electron chi connectivity index (χ1n) is 7.49. The Morgan fingerprint density at radius 3 is 2.73 bits per heavy atom. The van der Waals surface area contributed by atoms with Crippen LogP contribution >= 0.6 is 11.3 Å². The first-order chi connectivity index (χ1) is 10.6. The van der Waals surface area contributed by atoms with Crippen LogP contribution < -0.4 is 4.90 Å². The summed E-state index contributed by atoms with van der Waals surface area (Å²) in [7, 11) is 0. The number of hydrogen-bond acceptors (Lipinski definition) is 5. The fraction of sp³-hybridized carbons (Fsp3) is 0.438. The number of rotatable bonds is 2. The van der Waals surface area contributed by atoms with Crippen molar-refractivity contribution in [3.63, 3.8) is 0 Å². The van der Waals surface area contributed by atoms with Crippen LogP contribution in [-0.4, -0.2) is 16.5 Å². The van der Waals surface area contributed by atoms with Crippen molar-refractivity contribution in [2.75, 3.05) is 11.4 Å². The third-order valence-corrected chi connectivity index (χ3v) is 4.68. The monoisotopic (exact) mass is 319 g/mol. The van der Waals surface area contributed by atoms with Crippen molar-refractivity contribution in [3.8, 4) is 0 Å². The van der Waals surface area contributed by atoms with Crippen LogP contribution in [0.5, 0.6) is 0 Å². The highest BCUT2D eigenvalue weighted by Gasteiger charge is 2.22. The van der Waals surface area contributed by atoms with Gasteiger partial charge in [0.05, 0.1) is 4.92 Å². The van der Waals surface area contributed by atoms with Crippen molar-refractivity contribution in [1.29, 1.82) is 0 Å². The van der Waals surface area contributed by atoms with Crippen molar-refractivity contribution in [2.45, 2.75) is 40.7 Å². The number of nitro groups is 1. The van der Waals surface area contributed by atoms with Crippen LogP contribution in [0.15, 0.2) is 17.5 Å². The van der Waals surface area contributed by atoms with Gasteiger partial charge in [-0.1, -0.05) is 13.8 Å². The number of aryl methyl sites for hydroxylation is 2. The van der Waals surface area contributed by atoms with E-state index in [9.17, 15) is 10.1 Å². The highest BCUT2D eigenvalue weighted by atomic mass is 32.1. The van der Waals surface area contributed by atoms with Gasteiger partial charge in [0.1, 0.15) is 11.5 Å². The quantitative estimate of drug-likeness (QED) is 0.613. The molecular formula is C16H21N3O2S. The van der Waals surface area contributed by atoms with Gasteiger partial charge in [-0.2, -0.15) is 0 Å². The van der Waals surface area contributed by atoms with Gasteiger partial charge in [0, 0.05) is 23.5 Å². The molecule has 5 nitrogen and oxygen atoms in total.